The van der Waals surface area contributed by atoms with Crippen LogP contribution < -0.4 is 5.32 Å². The van der Waals surface area contributed by atoms with Crippen molar-refractivity contribution in [1.29, 1.82) is 0 Å². The second-order valence-electron chi connectivity index (χ2n) is 8.54. The van der Waals surface area contributed by atoms with E-state index in [-0.39, 0.29) is 16.5 Å². The number of carbonyl (C=O) groups excluding carboxylic acids is 1. The van der Waals surface area contributed by atoms with Gasteiger partial charge in [0.2, 0.25) is 5.89 Å². The molecule has 0 radical (unpaired) electrons. The first-order chi connectivity index (χ1) is 17.4. The minimum atomic E-state index is -3.01. The molecule has 3 heterocycles. The third kappa shape index (κ3) is 6.04. The smallest absolute Gasteiger partial charge is 0.413 e. The number of aromatic nitrogens is 6. The molecule has 0 aliphatic carbocycles. The van der Waals surface area contributed by atoms with E-state index in [4.69, 9.17) is 9.15 Å². The van der Waals surface area contributed by atoms with E-state index in [1.165, 1.54) is 16.8 Å². The molecule has 37 heavy (non-hydrogen) atoms. The first-order valence-corrected chi connectivity index (χ1v) is 11.4. The van der Waals surface area contributed by atoms with Crippen LogP contribution in [0.1, 0.15) is 33.1 Å². The molecule has 0 aliphatic rings. The number of hydrogen-bond donors (Lipinski definition) is 1. The molecule has 0 fully saturated rings. The highest BCUT2D eigenvalue weighted by Crippen LogP contribution is 2.35. The highest BCUT2D eigenvalue weighted by atomic mass is 32.2. The Bertz CT molecular complexity index is 1410. The number of alkyl halides is 2. The van der Waals surface area contributed by atoms with E-state index >= 15 is 0 Å². The van der Waals surface area contributed by atoms with Crippen LogP contribution in [0.4, 0.5) is 28.2 Å². The lowest BCUT2D eigenvalue weighted by Crippen LogP contribution is -2.27. The van der Waals surface area contributed by atoms with Crippen LogP contribution >= 0.6 is 11.8 Å². The van der Waals surface area contributed by atoms with Crippen molar-refractivity contribution in [3.8, 4) is 22.8 Å². The molecular formula is C22H19F4N7O3S. The number of anilines is 1. The number of benzene rings is 1. The third-order valence-electron chi connectivity index (χ3n) is 4.55. The average Bonchev–Trinajstić information content (AvgIpc) is 3.43. The maximum atomic E-state index is 14.7. The second kappa shape index (κ2) is 10.2. The standard InChI is InChI=1S/C22H19F4N7O3S/c1-22(2,3)36-21(34)28-14-6-5-10(9-27-14)17-29-32-20(33(17)4)37-15-12(23)7-11(8-13(15)24)18-30-31-19(35-18)16(25)26/h5-9,16H,1-4H3,(H,27,28,34). The minimum absolute atomic E-state index is 0.161. The number of carbonyl (C=O) groups is 1. The summed E-state index contributed by atoms with van der Waals surface area (Å²) in [5.74, 6) is -2.77. The summed E-state index contributed by atoms with van der Waals surface area (Å²) in [6.07, 6.45) is -2.23. The van der Waals surface area contributed by atoms with Crippen molar-refractivity contribution in [3.63, 3.8) is 0 Å². The van der Waals surface area contributed by atoms with Crippen LogP contribution in [-0.4, -0.2) is 41.6 Å². The van der Waals surface area contributed by atoms with Crippen molar-refractivity contribution in [2.45, 2.75) is 42.8 Å². The first-order valence-electron chi connectivity index (χ1n) is 10.6. The fraction of sp³-hybridized carbons (Fsp3) is 0.273. The van der Waals surface area contributed by atoms with E-state index in [2.05, 4.69) is 30.7 Å². The lowest BCUT2D eigenvalue weighted by Gasteiger charge is -2.19. The lowest BCUT2D eigenvalue weighted by atomic mass is 10.2. The van der Waals surface area contributed by atoms with Crippen LogP contribution in [-0.2, 0) is 11.8 Å². The summed E-state index contributed by atoms with van der Waals surface area (Å²) in [5, 5.41) is 17.3. The Labute approximate surface area is 211 Å². The average molecular weight is 537 g/mol. The third-order valence-corrected chi connectivity index (χ3v) is 5.68. The Morgan fingerprint density at radius 1 is 1.08 bits per heavy atom. The van der Waals surface area contributed by atoms with Crippen molar-refractivity contribution < 1.29 is 31.5 Å². The fourth-order valence-electron chi connectivity index (χ4n) is 2.97. The molecule has 194 valence electrons. The number of rotatable bonds is 6. The summed E-state index contributed by atoms with van der Waals surface area (Å²) in [5.41, 5.74) is -0.330. The second-order valence-corrected chi connectivity index (χ2v) is 9.52. The van der Waals surface area contributed by atoms with Gasteiger partial charge in [-0.05, 0) is 56.8 Å². The molecule has 1 amide bonds. The minimum Gasteiger partial charge on any atom is -0.444 e. The Morgan fingerprint density at radius 2 is 1.78 bits per heavy atom. The van der Waals surface area contributed by atoms with E-state index in [0.29, 0.717) is 23.1 Å². The molecule has 0 aliphatic heterocycles. The number of nitrogens with one attached hydrogen (secondary N) is 1. The zero-order chi connectivity index (χ0) is 26.9. The van der Waals surface area contributed by atoms with Gasteiger partial charge in [0.05, 0.1) is 4.90 Å². The number of amides is 1. The molecule has 0 atom stereocenters. The van der Waals surface area contributed by atoms with Crippen LogP contribution in [0.2, 0.25) is 0 Å². The van der Waals surface area contributed by atoms with Crippen molar-refractivity contribution >= 4 is 23.7 Å². The molecule has 3 aromatic heterocycles. The van der Waals surface area contributed by atoms with Crippen LogP contribution in [0.3, 0.4) is 0 Å². The van der Waals surface area contributed by atoms with Gasteiger partial charge < -0.3 is 13.7 Å². The molecule has 15 heteroatoms. The molecule has 4 aromatic rings. The predicted molar refractivity (Wildman–Crippen MR) is 123 cm³/mol. The number of hydrogen-bond acceptors (Lipinski definition) is 9. The summed E-state index contributed by atoms with van der Waals surface area (Å²) >= 11 is 0.673. The van der Waals surface area contributed by atoms with Crippen LogP contribution in [0.5, 0.6) is 0 Å². The molecule has 0 saturated carbocycles. The predicted octanol–water partition coefficient (Wildman–Crippen LogP) is 5.64. The zero-order valence-corrected chi connectivity index (χ0v) is 20.6. The molecule has 10 nitrogen and oxygen atoms in total. The lowest BCUT2D eigenvalue weighted by molar-refractivity contribution is 0.0635. The van der Waals surface area contributed by atoms with Gasteiger partial charge in [-0.3, -0.25) is 5.32 Å². The van der Waals surface area contributed by atoms with Gasteiger partial charge >= 0.3 is 12.5 Å². The SMILES string of the molecule is Cn1c(Sc2c(F)cc(-c3nnc(C(F)F)o3)cc2F)nnc1-c1ccc(NC(=O)OC(C)(C)C)nc1. The first kappa shape index (κ1) is 26.1. The number of halogens is 4. The maximum Gasteiger partial charge on any atom is 0.413 e. The van der Waals surface area contributed by atoms with E-state index in [0.717, 1.165) is 12.1 Å². The molecule has 1 N–H and O–H groups in total. The highest BCUT2D eigenvalue weighted by Gasteiger charge is 2.22. The van der Waals surface area contributed by atoms with Crippen LogP contribution in [0.15, 0.2) is 44.9 Å². The number of ether oxygens (including phenoxy) is 1. The van der Waals surface area contributed by atoms with Gasteiger partial charge in [-0.1, -0.05) is 0 Å². The van der Waals surface area contributed by atoms with Crippen molar-refractivity contribution in [1.82, 2.24) is 29.9 Å². The molecule has 4 rings (SSSR count). The maximum absolute atomic E-state index is 14.7. The summed E-state index contributed by atoms with van der Waals surface area (Å²) < 4.78 is 66.2. The van der Waals surface area contributed by atoms with Gasteiger partial charge in [-0.2, -0.15) is 8.78 Å². The van der Waals surface area contributed by atoms with E-state index in [1.807, 2.05) is 0 Å². The van der Waals surface area contributed by atoms with Gasteiger partial charge in [-0.25, -0.2) is 18.6 Å². The molecule has 0 saturated heterocycles. The Balaban J connectivity index is 1.51. The molecular weight excluding hydrogens is 518 g/mol. The Kier molecular flexibility index (Phi) is 7.16. The quantitative estimate of drug-likeness (QED) is 0.311. The molecule has 0 bridgehead atoms. The Morgan fingerprint density at radius 3 is 2.35 bits per heavy atom. The van der Waals surface area contributed by atoms with Gasteiger partial charge in [0.25, 0.3) is 5.89 Å². The molecule has 0 spiro atoms. The van der Waals surface area contributed by atoms with Crippen molar-refractivity contribution in [2.75, 3.05) is 5.32 Å². The zero-order valence-electron chi connectivity index (χ0n) is 19.8. The van der Waals surface area contributed by atoms with Gasteiger partial charge in [-0.15, -0.1) is 20.4 Å². The van der Waals surface area contributed by atoms with E-state index in [9.17, 15) is 22.4 Å². The Hall–Kier alpha value is -4.01. The topological polar surface area (TPSA) is 121 Å². The van der Waals surface area contributed by atoms with Crippen molar-refractivity contribution in [2.24, 2.45) is 7.05 Å². The van der Waals surface area contributed by atoms with Crippen LogP contribution in [0.25, 0.3) is 22.8 Å². The highest BCUT2D eigenvalue weighted by molar-refractivity contribution is 7.99. The van der Waals surface area contributed by atoms with E-state index in [1.54, 1.807) is 33.9 Å². The van der Waals surface area contributed by atoms with Gasteiger partial charge in [0.15, 0.2) is 11.0 Å². The number of pyridine rings is 1. The van der Waals surface area contributed by atoms with Crippen molar-refractivity contribution in [3.05, 3.63) is 48.0 Å². The largest absolute Gasteiger partial charge is 0.444 e. The van der Waals surface area contributed by atoms with E-state index < -0.39 is 46.4 Å². The monoisotopic (exact) mass is 537 g/mol. The number of nitrogens with zero attached hydrogens (tertiary/aromatic N) is 6. The van der Waals surface area contributed by atoms with Gasteiger partial charge in [0, 0.05) is 24.4 Å². The van der Waals surface area contributed by atoms with Crippen LogP contribution in [0, 0.1) is 11.6 Å². The normalized spacial score (nSPS) is 11.7. The summed E-state index contributed by atoms with van der Waals surface area (Å²) in [6.45, 7) is 5.20. The summed E-state index contributed by atoms with van der Waals surface area (Å²) in [6, 6.07) is 4.96. The summed E-state index contributed by atoms with van der Waals surface area (Å²) in [4.78, 5) is 15.7. The molecule has 0 unspecified atom stereocenters. The summed E-state index contributed by atoms with van der Waals surface area (Å²) in [7, 11) is 1.60. The molecule has 1 aromatic carbocycles. The van der Waals surface area contributed by atoms with Gasteiger partial charge in [0.1, 0.15) is 23.1 Å². The fourth-order valence-corrected chi connectivity index (χ4v) is 3.78.